The van der Waals surface area contributed by atoms with Crippen LogP contribution in [0.2, 0.25) is 0 Å². The Morgan fingerprint density at radius 1 is 0.938 bits per heavy atom. The summed E-state index contributed by atoms with van der Waals surface area (Å²) in [5, 5.41) is 0. The van der Waals surface area contributed by atoms with Gasteiger partial charge < -0.3 is 9.15 Å². The quantitative estimate of drug-likeness (QED) is 0.448. The van der Waals surface area contributed by atoms with Crippen LogP contribution in [0.1, 0.15) is 39.5 Å². The van der Waals surface area contributed by atoms with Crippen LogP contribution in [0.4, 0.5) is 0 Å². The maximum absolute atomic E-state index is 12.4. The van der Waals surface area contributed by atoms with Gasteiger partial charge in [-0.1, -0.05) is 24.3 Å². The predicted octanol–water partition coefficient (Wildman–Crippen LogP) is 2.37. The molecule has 0 bridgehead atoms. The summed E-state index contributed by atoms with van der Waals surface area (Å²) in [6.07, 6.45) is 1.61. The average molecular weight is 455 g/mol. The second kappa shape index (κ2) is 9.25. The third kappa shape index (κ3) is 5.54. The SMILES string of the molecule is O=C(NNC(=O)c1ccc(COc2ccccc2)o1)c1cccc(S(=O)(=O)NC2CC2)c1. The average Bonchev–Trinajstić information content (AvgIpc) is 3.48. The van der Waals surface area contributed by atoms with Crippen LogP contribution in [-0.2, 0) is 16.6 Å². The van der Waals surface area contributed by atoms with Crippen LogP contribution in [0.25, 0.3) is 0 Å². The Bertz CT molecular complexity index is 1220. The molecule has 2 aromatic carbocycles. The number of carbonyl (C=O) groups excluding carboxylic acids is 2. The molecule has 1 heterocycles. The zero-order chi connectivity index (χ0) is 22.6. The van der Waals surface area contributed by atoms with E-state index in [4.69, 9.17) is 9.15 Å². The van der Waals surface area contributed by atoms with Gasteiger partial charge in [0.2, 0.25) is 10.0 Å². The Hall–Kier alpha value is -3.63. The number of sulfonamides is 1. The molecular weight excluding hydrogens is 434 g/mol. The van der Waals surface area contributed by atoms with Crippen molar-refractivity contribution in [1.29, 1.82) is 0 Å². The van der Waals surface area contributed by atoms with Crippen LogP contribution in [0, 0.1) is 0 Å². The summed E-state index contributed by atoms with van der Waals surface area (Å²) < 4.78 is 38.2. The van der Waals surface area contributed by atoms with Gasteiger partial charge in [-0.3, -0.25) is 20.4 Å². The molecule has 1 aliphatic carbocycles. The Kier molecular flexibility index (Phi) is 6.24. The number of rotatable bonds is 8. The molecule has 9 nitrogen and oxygen atoms in total. The van der Waals surface area contributed by atoms with Crippen molar-refractivity contribution >= 4 is 21.8 Å². The van der Waals surface area contributed by atoms with E-state index >= 15 is 0 Å². The molecule has 1 aliphatic rings. The molecule has 1 aromatic heterocycles. The van der Waals surface area contributed by atoms with E-state index in [1.165, 1.54) is 30.3 Å². The van der Waals surface area contributed by atoms with Gasteiger partial charge in [-0.15, -0.1) is 0 Å². The minimum absolute atomic E-state index is 0.0121. The standard InChI is InChI=1S/C22H21N3O6S/c26-21(15-5-4-8-19(13-15)32(28,29)25-16-9-10-16)23-24-22(27)20-12-11-18(31-20)14-30-17-6-2-1-3-7-17/h1-8,11-13,16,25H,9-10,14H2,(H,23,26)(H,24,27). The molecule has 2 amide bonds. The van der Waals surface area contributed by atoms with Crippen LogP contribution in [-0.4, -0.2) is 26.3 Å². The van der Waals surface area contributed by atoms with E-state index in [1.807, 2.05) is 18.2 Å². The molecule has 0 radical (unpaired) electrons. The number of hydrogen-bond acceptors (Lipinski definition) is 6. The summed E-state index contributed by atoms with van der Waals surface area (Å²) in [6.45, 7) is 0.139. The summed E-state index contributed by atoms with van der Waals surface area (Å²) in [5.74, 6) is -0.239. The number of hydrazine groups is 1. The van der Waals surface area contributed by atoms with Crippen molar-refractivity contribution in [2.24, 2.45) is 0 Å². The number of benzene rings is 2. The van der Waals surface area contributed by atoms with Crippen molar-refractivity contribution in [3.8, 4) is 5.75 Å². The smallest absolute Gasteiger partial charge is 0.305 e. The molecular formula is C22H21N3O6S. The lowest BCUT2D eigenvalue weighted by Crippen LogP contribution is -2.41. The maximum atomic E-state index is 12.4. The first-order valence-corrected chi connectivity index (χ1v) is 11.4. The number of nitrogens with one attached hydrogen (secondary N) is 3. The van der Waals surface area contributed by atoms with Crippen molar-refractivity contribution in [1.82, 2.24) is 15.6 Å². The number of carbonyl (C=O) groups is 2. The van der Waals surface area contributed by atoms with E-state index in [0.29, 0.717) is 11.5 Å². The first-order valence-electron chi connectivity index (χ1n) is 9.90. The molecule has 166 valence electrons. The molecule has 3 N–H and O–H groups in total. The van der Waals surface area contributed by atoms with E-state index in [9.17, 15) is 18.0 Å². The summed E-state index contributed by atoms with van der Waals surface area (Å²) in [5.41, 5.74) is 4.58. The van der Waals surface area contributed by atoms with Crippen LogP contribution >= 0.6 is 0 Å². The minimum atomic E-state index is -3.69. The van der Waals surface area contributed by atoms with Crippen molar-refractivity contribution in [2.75, 3.05) is 0 Å². The molecule has 0 saturated heterocycles. The summed E-state index contributed by atoms with van der Waals surface area (Å²) >= 11 is 0. The van der Waals surface area contributed by atoms with E-state index in [-0.39, 0.29) is 28.9 Å². The van der Waals surface area contributed by atoms with E-state index in [0.717, 1.165) is 12.8 Å². The molecule has 3 aromatic rings. The molecule has 1 fully saturated rings. The first kappa shape index (κ1) is 21.6. The van der Waals surface area contributed by atoms with Gasteiger partial charge in [0.25, 0.3) is 5.91 Å². The Labute approximate surface area is 184 Å². The van der Waals surface area contributed by atoms with Crippen molar-refractivity contribution in [3.05, 3.63) is 83.8 Å². The monoisotopic (exact) mass is 455 g/mol. The highest BCUT2D eigenvalue weighted by Crippen LogP contribution is 2.22. The fourth-order valence-corrected chi connectivity index (χ4v) is 4.14. The zero-order valence-electron chi connectivity index (χ0n) is 16.9. The zero-order valence-corrected chi connectivity index (χ0v) is 17.7. The molecule has 32 heavy (non-hydrogen) atoms. The van der Waals surface area contributed by atoms with Crippen molar-refractivity contribution in [2.45, 2.75) is 30.4 Å². The highest BCUT2D eigenvalue weighted by atomic mass is 32.2. The minimum Gasteiger partial charge on any atom is -0.486 e. The van der Waals surface area contributed by atoms with E-state index in [1.54, 1.807) is 18.2 Å². The topological polar surface area (TPSA) is 127 Å². The molecule has 0 unspecified atom stereocenters. The first-order chi connectivity index (χ1) is 15.4. The second-order valence-corrected chi connectivity index (χ2v) is 8.91. The highest BCUT2D eigenvalue weighted by molar-refractivity contribution is 7.89. The lowest BCUT2D eigenvalue weighted by molar-refractivity contribution is 0.0828. The summed E-state index contributed by atoms with van der Waals surface area (Å²) in [4.78, 5) is 24.6. The van der Waals surface area contributed by atoms with Gasteiger partial charge in [-0.2, -0.15) is 0 Å². The molecule has 1 saturated carbocycles. The van der Waals surface area contributed by atoms with Gasteiger partial charge >= 0.3 is 5.91 Å². The molecule has 0 aliphatic heterocycles. The van der Waals surface area contributed by atoms with Crippen molar-refractivity contribution in [3.63, 3.8) is 0 Å². The lowest BCUT2D eigenvalue weighted by Gasteiger charge is -2.09. The summed E-state index contributed by atoms with van der Waals surface area (Å²) in [7, 11) is -3.69. The predicted molar refractivity (Wildman–Crippen MR) is 114 cm³/mol. The van der Waals surface area contributed by atoms with Crippen molar-refractivity contribution < 1.29 is 27.2 Å². The van der Waals surface area contributed by atoms with Gasteiger partial charge in [0.1, 0.15) is 18.1 Å². The van der Waals surface area contributed by atoms with E-state index < -0.39 is 21.8 Å². The van der Waals surface area contributed by atoms with Crippen LogP contribution in [0.3, 0.4) is 0 Å². The van der Waals surface area contributed by atoms with Gasteiger partial charge in [-0.25, -0.2) is 13.1 Å². The Morgan fingerprint density at radius 3 is 2.44 bits per heavy atom. The van der Waals surface area contributed by atoms with Crippen LogP contribution in [0.15, 0.2) is 76.0 Å². The normalized spacial score (nSPS) is 13.4. The van der Waals surface area contributed by atoms with Crippen LogP contribution < -0.4 is 20.3 Å². The second-order valence-electron chi connectivity index (χ2n) is 7.20. The molecule has 0 atom stereocenters. The maximum Gasteiger partial charge on any atom is 0.305 e. The third-order valence-electron chi connectivity index (χ3n) is 4.60. The van der Waals surface area contributed by atoms with Gasteiger partial charge in [-0.05, 0) is 55.3 Å². The largest absolute Gasteiger partial charge is 0.486 e. The number of hydrogen-bond donors (Lipinski definition) is 3. The fraction of sp³-hybridized carbons (Fsp3) is 0.182. The lowest BCUT2D eigenvalue weighted by atomic mass is 10.2. The summed E-state index contributed by atoms with van der Waals surface area (Å²) in [6, 6.07) is 17.7. The van der Waals surface area contributed by atoms with Gasteiger partial charge in [0, 0.05) is 11.6 Å². The molecule has 10 heteroatoms. The van der Waals surface area contributed by atoms with Crippen LogP contribution in [0.5, 0.6) is 5.75 Å². The van der Waals surface area contributed by atoms with Gasteiger partial charge in [0.05, 0.1) is 4.90 Å². The number of para-hydroxylation sites is 1. The van der Waals surface area contributed by atoms with E-state index in [2.05, 4.69) is 15.6 Å². The molecule has 4 rings (SSSR count). The fourth-order valence-electron chi connectivity index (χ4n) is 2.79. The highest BCUT2D eigenvalue weighted by Gasteiger charge is 2.28. The number of ether oxygens (including phenoxy) is 1. The Morgan fingerprint density at radius 2 is 1.69 bits per heavy atom. The van der Waals surface area contributed by atoms with Gasteiger partial charge in [0.15, 0.2) is 5.76 Å². The third-order valence-corrected chi connectivity index (χ3v) is 6.12. The number of amides is 2. The Balaban J connectivity index is 1.32. The number of furan rings is 1. The molecule has 0 spiro atoms.